The van der Waals surface area contributed by atoms with E-state index in [-0.39, 0.29) is 48.4 Å². The lowest BCUT2D eigenvalue weighted by molar-refractivity contribution is -0.384. The molecule has 4 rings (SSSR count). The Kier molecular flexibility index (Phi) is 12.3. The summed E-state index contributed by atoms with van der Waals surface area (Å²) in [6, 6.07) is 19.3. The van der Waals surface area contributed by atoms with Crippen molar-refractivity contribution in [2.75, 3.05) is 26.3 Å². The van der Waals surface area contributed by atoms with Crippen LogP contribution in [0, 0.1) is 23.0 Å². The normalized spacial score (nSPS) is 16.0. The lowest BCUT2D eigenvalue weighted by Gasteiger charge is -2.32. The number of non-ortho nitro benzene ring substituents is 1. The second kappa shape index (κ2) is 16.3. The van der Waals surface area contributed by atoms with Crippen molar-refractivity contribution < 1.29 is 41.9 Å². The van der Waals surface area contributed by atoms with E-state index in [2.05, 4.69) is 5.32 Å². The zero-order valence-corrected chi connectivity index (χ0v) is 27.3. The number of carbonyl (C=O) groups is 2. The number of amides is 1. The molecule has 13 nitrogen and oxygen atoms in total. The van der Waals surface area contributed by atoms with E-state index in [1.165, 1.54) is 0 Å². The fourth-order valence-corrected chi connectivity index (χ4v) is 6.57. The first-order valence-corrected chi connectivity index (χ1v) is 16.6. The molecule has 3 aromatic rings. The number of rotatable bonds is 14. The Bertz CT molecular complexity index is 1590. The molecule has 1 heterocycles. The molecule has 0 bridgehead atoms. The predicted molar refractivity (Wildman–Crippen MR) is 172 cm³/mol. The number of alkyl carbamates (subject to hydrolysis) is 1. The summed E-state index contributed by atoms with van der Waals surface area (Å²) in [5, 5.41) is 14.0. The fourth-order valence-electron chi connectivity index (χ4n) is 4.95. The molecule has 0 spiro atoms. The molecule has 47 heavy (non-hydrogen) atoms. The van der Waals surface area contributed by atoms with Gasteiger partial charge in [-0.2, -0.15) is 4.31 Å². The molecule has 252 valence electrons. The third-order valence-corrected chi connectivity index (χ3v) is 9.17. The number of nitro benzene ring substituents is 1. The predicted octanol–water partition coefficient (Wildman–Crippen LogP) is 5.26. The molecule has 2 unspecified atom stereocenters. The van der Waals surface area contributed by atoms with Crippen LogP contribution in [0.15, 0.2) is 83.8 Å². The van der Waals surface area contributed by atoms with Gasteiger partial charge in [-0.15, -0.1) is 0 Å². The van der Waals surface area contributed by atoms with Crippen molar-refractivity contribution >= 4 is 28.0 Å². The maximum Gasteiger partial charge on any atom is 0.514 e. The summed E-state index contributed by atoms with van der Waals surface area (Å²) in [7, 11) is -4.27. The molecule has 1 amide bonds. The number of ether oxygens (including phenoxy) is 4. The van der Waals surface area contributed by atoms with Gasteiger partial charge in [0.25, 0.3) is 5.69 Å². The highest BCUT2D eigenvalue weighted by Gasteiger charge is 2.36. The highest BCUT2D eigenvalue weighted by atomic mass is 32.2. The maximum atomic E-state index is 14.0. The Labute approximate surface area is 274 Å². The van der Waals surface area contributed by atoms with E-state index in [1.807, 2.05) is 51.1 Å². The van der Waals surface area contributed by atoms with Crippen LogP contribution in [-0.4, -0.2) is 74.4 Å². The second-order valence-electron chi connectivity index (χ2n) is 11.6. The van der Waals surface area contributed by atoms with Gasteiger partial charge < -0.3 is 24.3 Å². The summed E-state index contributed by atoms with van der Waals surface area (Å²) in [6.45, 7) is 5.84. The van der Waals surface area contributed by atoms with Crippen molar-refractivity contribution in [3.05, 3.63) is 100 Å². The van der Waals surface area contributed by atoms with Gasteiger partial charge in [0.1, 0.15) is 18.0 Å². The zero-order valence-electron chi connectivity index (χ0n) is 26.4. The first kappa shape index (κ1) is 35.3. The number of benzene rings is 3. The lowest BCUT2D eigenvalue weighted by Crippen LogP contribution is -2.53. The molecule has 0 saturated carbocycles. The molecule has 1 aliphatic rings. The van der Waals surface area contributed by atoms with E-state index in [9.17, 15) is 28.1 Å². The molecule has 1 fully saturated rings. The van der Waals surface area contributed by atoms with Crippen molar-refractivity contribution in [3.63, 3.8) is 0 Å². The Morgan fingerprint density at radius 3 is 2.30 bits per heavy atom. The number of nitrogens with one attached hydrogen (secondary N) is 1. The van der Waals surface area contributed by atoms with Crippen LogP contribution in [-0.2, 0) is 30.7 Å². The highest BCUT2D eigenvalue weighted by Crippen LogP contribution is 2.23. The van der Waals surface area contributed by atoms with Crippen LogP contribution >= 0.6 is 0 Å². The van der Waals surface area contributed by atoms with Crippen LogP contribution in [0.2, 0.25) is 0 Å². The molecule has 1 aliphatic heterocycles. The number of hydrogen-bond donors (Lipinski definition) is 1. The van der Waals surface area contributed by atoms with E-state index >= 15 is 0 Å². The Morgan fingerprint density at radius 1 is 1.02 bits per heavy atom. The van der Waals surface area contributed by atoms with Gasteiger partial charge in [0.05, 0.1) is 35.6 Å². The van der Waals surface area contributed by atoms with Crippen molar-refractivity contribution in [2.24, 2.45) is 5.92 Å². The molecular formula is C33H39N3O10S. The average Bonchev–Trinajstić information content (AvgIpc) is 3.54. The van der Waals surface area contributed by atoms with Crippen molar-refractivity contribution in [3.8, 4) is 5.75 Å². The highest BCUT2D eigenvalue weighted by molar-refractivity contribution is 7.89. The summed E-state index contributed by atoms with van der Waals surface area (Å²) in [5.41, 5.74) is 1.46. The number of nitro groups is 1. The van der Waals surface area contributed by atoms with Gasteiger partial charge in [0, 0.05) is 25.1 Å². The van der Waals surface area contributed by atoms with E-state index in [1.54, 1.807) is 24.3 Å². The molecule has 3 aromatic carbocycles. The third-order valence-electron chi connectivity index (χ3n) is 7.32. The van der Waals surface area contributed by atoms with Gasteiger partial charge in [0.15, 0.2) is 0 Å². The zero-order chi connectivity index (χ0) is 34.0. The van der Waals surface area contributed by atoms with Crippen LogP contribution in [0.25, 0.3) is 0 Å². The van der Waals surface area contributed by atoms with Gasteiger partial charge in [-0.3, -0.25) is 10.1 Å². The summed E-state index contributed by atoms with van der Waals surface area (Å²) >= 11 is 0. The molecular weight excluding hydrogens is 630 g/mol. The number of sulfonamides is 1. The number of carbonyl (C=O) groups excluding carboxylic acids is 2. The maximum absolute atomic E-state index is 14.0. The van der Waals surface area contributed by atoms with Crippen molar-refractivity contribution in [1.29, 1.82) is 0 Å². The van der Waals surface area contributed by atoms with E-state index in [0.717, 1.165) is 39.7 Å². The van der Waals surface area contributed by atoms with Crippen molar-refractivity contribution in [1.82, 2.24) is 9.62 Å². The van der Waals surface area contributed by atoms with Crippen LogP contribution in [0.5, 0.6) is 5.75 Å². The van der Waals surface area contributed by atoms with Gasteiger partial charge in [-0.1, -0.05) is 61.9 Å². The summed E-state index contributed by atoms with van der Waals surface area (Å²) in [6.07, 6.45) is -2.95. The van der Waals surface area contributed by atoms with Gasteiger partial charge in [0.2, 0.25) is 10.0 Å². The van der Waals surface area contributed by atoms with Crippen molar-refractivity contribution in [2.45, 2.75) is 56.8 Å². The summed E-state index contributed by atoms with van der Waals surface area (Å²) in [4.78, 5) is 36.7. The summed E-state index contributed by atoms with van der Waals surface area (Å²) < 4.78 is 51.2. The first-order valence-electron chi connectivity index (χ1n) is 15.2. The topological polar surface area (TPSA) is 164 Å². The summed E-state index contributed by atoms with van der Waals surface area (Å²) in [5.74, 6) is 0.0425. The van der Waals surface area contributed by atoms with Gasteiger partial charge >= 0.3 is 12.2 Å². The van der Waals surface area contributed by atoms with E-state index in [0.29, 0.717) is 13.0 Å². The average molecular weight is 670 g/mol. The Hall–Kier alpha value is -4.53. The monoisotopic (exact) mass is 669 g/mol. The fraction of sp³-hybridized carbons (Fsp3) is 0.394. The minimum atomic E-state index is -4.27. The number of hydrogen-bond acceptors (Lipinski definition) is 10. The minimum absolute atomic E-state index is 0.00804. The van der Waals surface area contributed by atoms with Crippen LogP contribution in [0.3, 0.4) is 0 Å². The molecule has 0 aliphatic carbocycles. The standard InChI is InChI=1S/C33H39N3O10S/c1-23(2)20-35(47(41,42)29-15-11-26(12-16-29)36(39)40)21-31(46-33(38)45-27-13-9-24(3)10-14-27)30(19-25-7-5-4-6-8-25)34-32(37)44-28-17-18-43-22-28/h4-16,23,28,30-31H,17-22H2,1-3H3,(H,34,37)/t28?,30-,31?/m0/s1. The Morgan fingerprint density at radius 2 is 1.70 bits per heavy atom. The van der Waals surface area contributed by atoms with Crippen LogP contribution in [0.4, 0.5) is 15.3 Å². The molecule has 0 radical (unpaired) electrons. The van der Waals surface area contributed by atoms with Gasteiger partial charge in [-0.05, 0) is 49.1 Å². The van der Waals surface area contributed by atoms with E-state index in [4.69, 9.17) is 18.9 Å². The van der Waals surface area contributed by atoms with Crippen LogP contribution in [0.1, 0.15) is 31.4 Å². The quantitative estimate of drug-likeness (QED) is 0.104. The molecule has 1 saturated heterocycles. The minimum Gasteiger partial charge on any atom is -0.444 e. The third kappa shape index (κ3) is 10.5. The SMILES string of the molecule is Cc1ccc(OC(=O)OC(CN(CC(C)C)S(=O)(=O)c2ccc([N+](=O)[O-])cc2)[C@H](Cc2ccccc2)NC(=O)OC2CCOC2)cc1. The smallest absolute Gasteiger partial charge is 0.444 e. The molecule has 1 N–H and O–H groups in total. The van der Waals surface area contributed by atoms with E-state index < -0.39 is 45.4 Å². The second-order valence-corrected chi connectivity index (χ2v) is 13.6. The lowest BCUT2D eigenvalue weighted by atomic mass is 10.0. The molecule has 3 atom stereocenters. The van der Waals surface area contributed by atoms with Gasteiger partial charge in [-0.25, -0.2) is 18.0 Å². The largest absolute Gasteiger partial charge is 0.514 e. The Balaban J connectivity index is 1.69. The first-order chi connectivity index (χ1) is 22.4. The molecule has 0 aromatic heterocycles. The number of aryl methyl sites for hydroxylation is 1. The van der Waals surface area contributed by atoms with Crippen LogP contribution < -0.4 is 10.1 Å². The number of nitrogens with zero attached hydrogens (tertiary/aromatic N) is 2. The molecule has 14 heteroatoms.